The highest BCUT2D eigenvalue weighted by Crippen LogP contribution is 2.17. The van der Waals surface area contributed by atoms with Crippen LogP contribution in [0.3, 0.4) is 0 Å². The molecule has 0 aliphatic rings. The summed E-state index contributed by atoms with van der Waals surface area (Å²) in [5.41, 5.74) is 3.83. The second kappa shape index (κ2) is 10.0. The van der Waals surface area contributed by atoms with Crippen LogP contribution in [0.4, 0.5) is 0 Å². The fourth-order valence-electron chi connectivity index (χ4n) is 2.99. The van der Waals surface area contributed by atoms with Crippen LogP contribution in [-0.4, -0.2) is 31.8 Å². The zero-order valence-corrected chi connectivity index (χ0v) is 17.1. The molecule has 0 atom stereocenters. The van der Waals surface area contributed by atoms with Gasteiger partial charge in [0.2, 0.25) is 0 Å². The Morgan fingerprint density at radius 3 is 1.41 bits per heavy atom. The Labute approximate surface area is 184 Å². The Morgan fingerprint density at radius 2 is 1.00 bits per heavy atom. The lowest BCUT2D eigenvalue weighted by atomic mass is 10.1. The number of nitrogens with one attached hydrogen (secondary N) is 2. The zero-order chi connectivity index (χ0) is 22.2. The highest BCUT2D eigenvalue weighted by Gasteiger charge is 2.12. The van der Waals surface area contributed by atoms with Crippen molar-refractivity contribution in [3.8, 4) is 11.4 Å². The molecule has 4 aromatic rings. The van der Waals surface area contributed by atoms with Gasteiger partial charge in [-0.15, -0.1) is 0 Å². The van der Waals surface area contributed by atoms with E-state index in [9.17, 15) is 9.59 Å². The zero-order valence-electron chi connectivity index (χ0n) is 17.1. The van der Waals surface area contributed by atoms with Gasteiger partial charge in [-0.25, -0.2) is 0 Å². The maximum Gasteiger partial charge on any atom is 0.251 e. The lowest BCUT2D eigenvalue weighted by Gasteiger charge is -2.08. The van der Waals surface area contributed by atoms with E-state index in [1.165, 1.54) is 0 Å². The van der Waals surface area contributed by atoms with Crippen molar-refractivity contribution in [2.75, 3.05) is 0 Å². The number of amides is 2. The number of hydrogen-bond donors (Lipinski definition) is 2. The number of carbonyl (C=O) groups is 2. The summed E-state index contributed by atoms with van der Waals surface area (Å²) < 4.78 is 0. The normalized spacial score (nSPS) is 10.4. The first-order valence-corrected chi connectivity index (χ1v) is 9.96. The smallest absolute Gasteiger partial charge is 0.251 e. The summed E-state index contributed by atoms with van der Waals surface area (Å²) in [7, 11) is 0. The van der Waals surface area contributed by atoms with E-state index in [4.69, 9.17) is 0 Å². The summed E-state index contributed by atoms with van der Waals surface area (Å²) in [6, 6.07) is 13.9. The third-order valence-corrected chi connectivity index (χ3v) is 4.71. The highest BCUT2D eigenvalue weighted by molar-refractivity contribution is 5.96. The molecule has 0 unspecified atom stereocenters. The predicted octanol–water partition coefficient (Wildman–Crippen LogP) is 2.79. The Balaban J connectivity index is 1.44. The van der Waals surface area contributed by atoms with Crippen LogP contribution >= 0.6 is 0 Å². The molecule has 0 aliphatic carbocycles. The van der Waals surface area contributed by atoms with E-state index in [2.05, 4.69) is 30.6 Å². The topological polar surface area (TPSA) is 110 Å². The minimum Gasteiger partial charge on any atom is -0.348 e. The Kier molecular flexibility index (Phi) is 6.52. The summed E-state index contributed by atoms with van der Waals surface area (Å²) in [4.78, 5) is 41.7. The van der Waals surface area contributed by atoms with Gasteiger partial charge in [0.15, 0.2) is 0 Å². The number of rotatable bonds is 7. The maximum atomic E-state index is 12.6. The van der Waals surface area contributed by atoms with Crippen molar-refractivity contribution < 1.29 is 9.59 Å². The monoisotopic (exact) mass is 424 g/mol. The molecule has 0 saturated heterocycles. The average molecular weight is 424 g/mol. The Bertz CT molecular complexity index is 1120. The van der Waals surface area contributed by atoms with Crippen molar-refractivity contribution in [1.82, 2.24) is 30.6 Å². The Hall–Kier alpha value is -4.46. The summed E-state index contributed by atoms with van der Waals surface area (Å²) in [6.07, 6.45) is 9.81. The summed E-state index contributed by atoms with van der Waals surface area (Å²) in [6.45, 7) is 0.786. The summed E-state index contributed by atoms with van der Waals surface area (Å²) in [5.74, 6) is -0.451. The summed E-state index contributed by atoms with van der Waals surface area (Å²) in [5, 5.41) is 5.74. The van der Waals surface area contributed by atoms with Crippen molar-refractivity contribution in [1.29, 1.82) is 0 Å². The number of hydrogen-bond acceptors (Lipinski definition) is 6. The van der Waals surface area contributed by atoms with E-state index in [0.29, 0.717) is 35.6 Å². The van der Waals surface area contributed by atoms with Crippen LogP contribution < -0.4 is 10.6 Å². The largest absolute Gasteiger partial charge is 0.348 e. The fourth-order valence-corrected chi connectivity index (χ4v) is 2.99. The predicted molar refractivity (Wildman–Crippen MR) is 118 cm³/mol. The van der Waals surface area contributed by atoms with E-state index in [1.807, 2.05) is 24.3 Å². The first kappa shape index (κ1) is 20.8. The van der Waals surface area contributed by atoms with Gasteiger partial charge in [-0.2, -0.15) is 0 Å². The lowest BCUT2D eigenvalue weighted by Crippen LogP contribution is -2.23. The number of carbonyl (C=O) groups excluding carboxylic acids is 2. The molecule has 0 bridgehead atoms. The fraction of sp³-hybridized carbons (Fsp3) is 0.0833. The van der Waals surface area contributed by atoms with E-state index in [1.54, 1.807) is 61.4 Å². The number of nitrogens with zero attached hydrogens (tertiary/aromatic N) is 4. The van der Waals surface area contributed by atoms with Crippen molar-refractivity contribution >= 4 is 11.8 Å². The molecular formula is C24H20N6O2. The van der Waals surface area contributed by atoms with Crippen LogP contribution in [0, 0.1) is 0 Å². The molecule has 2 N–H and O–H groups in total. The SMILES string of the molecule is O=C(NCc1ccncc1)c1ccnc(-c2cc(C(=O)NCc3ccncc3)ccn2)c1. The molecule has 8 heteroatoms. The van der Waals surface area contributed by atoms with Gasteiger partial charge in [0.1, 0.15) is 0 Å². The molecule has 0 aromatic carbocycles. The number of pyridine rings is 4. The first-order valence-electron chi connectivity index (χ1n) is 9.96. The minimum absolute atomic E-state index is 0.225. The first-order chi connectivity index (χ1) is 15.7. The standard InChI is InChI=1S/C24H20N6O2/c31-23(29-15-17-1-7-25-8-2-17)19-5-11-27-21(13-19)22-14-20(6-12-28-22)24(32)30-16-18-3-9-26-10-4-18/h1-14H,15-16H2,(H,29,31)(H,30,32). The van der Waals surface area contributed by atoms with E-state index < -0.39 is 0 Å². The van der Waals surface area contributed by atoms with Gasteiger partial charge in [0.05, 0.1) is 11.4 Å². The molecule has 8 nitrogen and oxygen atoms in total. The van der Waals surface area contributed by atoms with E-state index in [0.717, 1.165) is 11.1 Å². The maximum absolute atomic E-state index is 12.6. The van der Waals surface area contributed by atoms with Crippen LogP contribution in [0.1, 0.15) is 31.8 Å². The molecule has 0 aliphatic heterocycles. The van der Waals surface area contributed by atoms with Crippen LogP contribution in [0.25, 0.3) is 11.4 Å². The molecule has 158 valence electrons. The van der Waals surface area contributed by atoms with Crippen LogP contribution in [0.15, 0.2) is 85.7 Å². The van der Waals surface area contributed by atoms with Crippen molar-refractivity contribution in [3.63, 3.8) is 0 Å². The molecule has 32 heavy (non-hydrogen) atoms. The summed E-state index contributed by atoms with van der Waals surface area (Å²) >= 11 is 0. The third kappa shape index (κ3) is 5.37. The molecule has 0 fully saturated rings. The third-order valence-electron chi connectivity index (χ3n) is 4.71. The van der Waals surface area contributed by atoms with Crippen molar-refractivity contribution in [2.24, 2.45) is 0 Å². The van der Waals surface area contributed by atoms with Gasteiger partial charge in [-0.3, -0.25) is 29.5 Å². The van der Waals surface area contributed by atoms with Crippen LogP contribution in [0.5, 0.6) is 0 Å². The molecular weight excluding hydrogens is 404 g/mol. The van der Waals surface area contributed by atoms with E-state index in [-0.39, 0.29) is 11.8 Å². The van der Waals surface area contributed by atoms with Gasteiger partial charge < -0.3 is 10.6 Å². The quantitative estimate of drug-likeness (QED) is 0.472. The minimum atomic E-state index is -0.225. The van der Waals surface area contributed by atoms with Crippen LogP contribution in [-0.2, 0) is 13.1 Å². The molecule has 0 radical (unpaired) electrons. The lowest BCUT2D eigenvalue weighted by molar-refractivity contribution is 0.0942. The van der Waals surface area contributed by atoms with Gasteiger partial charge in [-0.05, 0) is 59.7 Å². The number of aromatic nitrogens is 4. The second-order valence-electron chi connectivity index (χ2n) is 6.94. The molecule has 4 rings (SSSR count). The molecule has 0 spiro atoms. The van der Waals surface area contributed by atoms with Crippen molar-refractivity contribution in [3.05, 3.63) is 108 Å². The second-order valence-corrected chi connectivity index (χ2v) is 6.94. The van der Waals surface area contributed by atoms with Gasteiger partial charge in [0, 0.05) is 61.4 Å². The van der Waals surface area contributed by atoms with Crippen molar-refractivity contribution in [2.45, 2.75) is 13.1 Å². The molecule has 4 aromatic heterocycles. The van der Waals surface area contributed by atoms with Gasteiger partial charge in [0.25, 0.3) is 11.8 Å². The average Bonchev–Trinajstić information content (AvgIpc) is 2.87. The molecule has 2 amide bonds. The highest BCUT2D eigenvalue weighted by atomic mass is 16.2. The Morgan fingerprint density at radius 1 is 0.594 bits per heavy atom. The van der Waals surface area contributed by atoms with Gasteiger partial charge in [-0.1, -0.05) is 0 Å². The van der Waals surface area contributed by atoms with Gasteiger partial charge >= 0.3 is 0 Å². The molecule has 0 saturated carbocycles. The van der Waals surface area contributed by atoms with E-state index >= 15 is 0 Å². The molecule has 4 heterocycles. The van der Waals surface area contributed by atoms with Crippen LogP contribution in [0.2, 0.25) is 0 Å².